The zero-order chi connectivity index (χ0) is 29.7. The van der Waals surface area contributed by atoms with Crippen LogP contribution in [0.2, 0.25) is 0 Å². The Bertz CT molecular complexity index is 1100. The van der Waals surface area contributed by atoms with E-state index in [1.807, 2.05) is 0 Å². The van der Waals surface area contributed by atoms with Gasteiger partial charge in [0.05, 0.1) is 25.7 Å². The van der Waals surface area contributed by atoms with Crippen molar-refractivity contribution >= 4 is 0 Å². The predicted molar refractivity (Wildman–Crippen MR) is 91.1 cm³/mol. The first-order valence-electron chi connectivity index (χ1n) is 14.6. The van der Waals surface area contributed by atoms with Crippen molar-refractivity contribution in [1.29, 1.82) is 0 Å². The first kappa shape index (κ1) is 6.23. The highest BCUT2D eigenvalue weighted by molar-refractivity contribution is 5.49. The Morgan fingerprint density at radius 3 is 3.13 bits per heavy atom. The highest BCUT2D eigenvalue weighted by atomic mass is 16.5. The van der Waals surface area contributed by atoms with Crippen molar-refractivity contribution in [3.05, 3.63) is 23.3 Å². The van der Waals surface area contributed by atoms with Gasteiger partial charge in [-0.15, -0.1) is 0 Å². The first-order chi connectivity index (χ1) is 16.7. The van der Waals surface area contributed by atoms with Crippen LogP contribution in [-0.2, 0) is 6.42 Å². The highest BCUT2D eigenvalue weighted by Crippen LogP contribution is 2.43. The largest absolute Gasteiger partial charge is 0.493 e. The molecule has 3 rings (SSSR count). The lowest BCUT2D eigenvalue weighted by Crippen LogP contribution is -2.48. The third kappa shape index (κ3) is 3.20. The van der Waals surface area contributed by atoms with Crippen LogP contribution >= 0.6 is 0 Å². The topological polar surface area (TPSA) is 41.9 Å². The lowest BCUT2D eigenvalue weighted by atomic mass is 9.79. The molecule has 1 saturated heterocycles. The fourth-order valence-electron chi connectivity index (χ4n) is 2.81. The maximum absolute atomic E-state index is 11.3. The zero-order valence-electron chi connectivity index (χ0n) is 27.9. The van der Waals surface area contributed by atoms with Crippen molar-refractivity contribution in [2.24, 2.45) is 11.8 Å². The van der Waals surface area contributed by atoms with Crippen LogP contribution in [0, 0.1) is 11.8 Å². The average Bonchev–Trinajstić information content (AvgIpc) is 2.73. The second kappa shape index (κ2) is 6.70. The monoisotopic (exact) mass is 334 g/mol. The van der Waals surface area contributed by atoms with Crippen LogP contribution in [0.25, 0.3) is 0 Å². The lowest BCUT2D eigenvalue weighted by Gasteiger charge is -2.46. The first-order valence-corrected chi connectivity index (χ1v) is 7.13. The number of ether oxygens (including phenoxy) is 2. The Morgan fingerprint density at radius 1 is 1.57 bits per heavy atom. The minimum absolute atomic E-state index is 0.0253. The summed E-state index contributed by atoms with van der Waals surface area (Å²) in [6.07, 6.45) is -11.2. The third-order valence-corrected chi connectivity index (χ3v) is 3.84. The summed E-state index contributed by atoms with van der Waals surface area (Å²) in [6, 6.07) is 0.552. The summed E-state index contributed by atoms with van der Waals surface area (Å²) in [7, 11) is -1.71. The normalized spacial score (nSPS) is 52.1. The summed E-state index contributed by atoms with van der Waals surface area (Å²) in [5.41, 5.74) is 0.243. The molecule has 2 heterocycles. The van der Waals surface area contributed by atoms with Gasteiger partial charge >= 0.3 is 0 Å². The standard InChI is InChI=1S/C19H29NO3/c1-12(2)7-14-11-20-6-5-13-8-18(22-3)19(23-4)9-15(13)16(20)10-17(14)21/h8-9,12,14,16-17,21H,5-7,10-11H2,1-4H3/i1D3,4D3,7D2,10D2,11D2,12D,14D,17D. The molecule has 128 valence electrons. The third-order valence-electron chi connectivity index (χ3n) is 3.84. The molecule has 1 N–H and O–H groups in total. The number of hydrogen-bond acceptors (Lipinski definition) is 4. The van der Waals surface area contributed by atoms with Gasteiger partial charge in [-0.05, 0) is 54.2 Å². The van der Waals surface area contributed by atoms with Gasteiger partial charge in [0.1, 0.15) is 0 Å². The minimum atomic E-state index is -3.97. The minimum Gasteiger partial charge on any atom is -0.493 e. The molecule has 4 unspecified atom stereocenters. The molecular formula is C19H29NO3. The second-order valence-electron chi connectivity index (χ2n) is 5.38. The van der Waals surface area contributed by atoms with Gasteiger partial charge in [0.25, 0.3) is 0 Å². The highest BCUT2D eigenvalue weighted by Gasteiger charge is 2.38. The molecule has 4 nitrogen and oxygen atoms in total. The quantitative estimate of drug-likeness (QED) is 0.919. The predicted octanol–water partition coefficient (Wildman–Crippen LogP) is 3.03. The Morgan fingerprint density at radius 2 is 2.39 bits per heavy atom. The molecule has 23 heavy (non-hydrogen) atoms. The molecule has 1 fully saturated rings. The Balaban J connectivity index is 2.33. The van der Waals surface area contributed by atoms with E-state index in [0.29, 0.717) is 17.4 Å². The van der Waals surface area contributed by atoms with Gasteiger partial charge in [-0.3, -0.25) is 4.90 Å². The summed E-state index contributed by atoms with van der Waals surface area (Å²) in [6.45, 7) is -6.64. The van der Waals surface area contributed by atoms with E-state index >= 15 is 0 Å². The molecule has 0 radical (unpaired) electrons. The van der Waals surface area contributed by atoms with E-state index in [1.165, 1.54) is 13.2 Å². The van der Waals surface area contributed by atoms with Gasteiger partial charge in [-0.1, -0.05) is 13.8 Å². The van der Waals surface area contributed by atoms with E-state index in [0.717, 1.165) is 6.07 Å². The number of benzene rings is 1. The number of aliphatic hydroxyl groups is 1. The van der Waals surface area contributed by atoms with Gasteiger partial charge in [-0.25, -0.2) is 0 Å². The van der Waals surface area contributed by atoms with Crippen LogP contribution in [0.4, 0.5) is 0 Å². The van der Waals surface area contributed by atoms with Crippen LogP contribution in [-0.4, -0.2) is 43.3 Å². The fourth-order valence-corrected chi connectivity index (χ4v) is 2.81. The molecule has 2 aliphatic rings. The van der Waals surface area contributed by atoms with Crippen molar-refractivity contribution < 1.29 is 35.1 Å². The van der Waals surface area contributed by atoms with Gasteiger partial charge < -0.3 is 14.6 Å². The van der Waals surface area contributed by atoms with Crippen molar-refractivity contribution in [2.45, 2.75) is 45.1 Å². The molecule has 0 amide bonds. The van der Waals surface area contributed by atoms with E-state index in [2.05, 4.69) is 0 Å². The van der Waals surface area contributed by atoms with Crippen LogP contribution in [0.15, 0.2) is 12.1 Å². The van der Waals surface area contributed by atoms with E-state index < -0.39 is 57.0 Å². The van der Waals surface area contributed by atoms with Crippen LogP contribution < -0.4 is 9.47 Å². The molecule has 0 aromatic heterocycles. The van der Waals surface area contributed by atoms with Gasteiger partial charge in [0.15, 0.2) is 11.5 Å². The molecule has 0 bridgehead atoms. The Labute approximate surface area is 160 Å². The van der Waals surface area contributed by atoms with Crippen molar-refractivity contribution in [1.82, 2.24) is 4.90 Å². The zero-order valence-corrected chi connectivity index (χ0v) is 12.9. The second-order valence-corrected chi connectivity index (χ2v) is 5.38. The van der Waals surface area contributed by atoms with Crippen molar-refractivity contribution in [2.75, 3.05) is 27.2 Å². The molecule has 1 aromatic rings. The summed E-state index contributed by atoms with van der Waals surface area (Å²) >= 11 is 0. The molecule has 4 atom stereocenters. The average molecular weight is 335 g/mol. The summed E-state index contributed by atoms with van der Waals surface area (Å²) < 4.78 is 133. The molecule has 1 aromatic carbocycles. The Hall–Kier alpha value is -1.26. The fraction of sp³-hybridized carbons (Fsp3) is 0.684. The summed E-state index contributed by atoms with van der Waals surface area (Å²) in [5.74, 6) is -7.52. The number of nitrogens with zero attached hydrogens (tertiary/aromatic N) is 1. The maximum atomic E-state index is 11.3. The molecule has 0 saturated carbocycles. The van der Waals surface area contributed by atoms with Crippen molar-refractivity contribution in [3.63, 3.8) is 0 Å². The number of rotatable bonds is 4. The molecule has 2 aliphatic heterocycles. The van der Waals surface area contributed by atoms with E-state index in [1.54, 1.807) is 0 Å². The molecule has 0 spiro atoms. The van der Waals surface area contributed by atoms with Gasteiger partial charge in [0, 0.05) is 34.2 Å². The number of hydrogen-bond donors (Lipinski definition) is 1. The number of methoxy groups -OCH3 is 2. The summed E-state index contributed by atoms with van der Waals surface area (Å²) in [5, 5.41) is 11.3. The van der Waals surface area contributed by atoms with E-state index in [9.17, 15) is 5.11 Å². The molecule has 0 aliphatic carbocycles. The molecular weight excluding hydrogens is 290 g/mol. The van der Waals surface area contributed by atoms with E-state index in [4.69, 9.17) is 30.0 Å². The number of piperidine rings is 1. The molecule has 4 heteroatoms. The lowest BCUT2D eigenvalue weighted by molar-refractivity contribution is -0.0191. The smallest absolute Gasteiger partial charge is 0.161 e. The van der Waals surface area contributed by atoms with Gasteiger partial charge in [0.2, 0.25) is 0 Å². The number of fused-ring (bicyclic) bond motifs is 3. The van der Waals surface area contributed by atoms with E-state index in [-0.39, 0.29) is 30.0 Å². The van der Waals surface area contributed by atoms with Crippen LogP contribution in [0.1, 0.15) is 64.3 Å². The van der Waals surface area contributed by atoms with Crippen LogP contribution in [0.3, 0.4) is 0 Å². The van der Waals surface area contributed by atoms with Crippen molar-refractivity contribution in [3.8, 4) is 11.5 Å². The van der Waals surface area contributed by atoms with Gasteiger partial charge in [-0.2, -0.15) is 0 Å². The van der Waals surface area contributed by atoms with Crippen LogP contribution in [0.5, 0.6) is 11.5 Å². The summed E-state index contributed by atoms with van der Waals surface area (Å²) in [4.78, 5) is 0.713. The Kier molecular flexibility index (Phi) is 1.81. The SMILES string of the molecule is [2H]C([2H])([2H])Oc1cc2c(cc1OC)CCN1C2C([2H])([2H])C([2H])(O)C([2H])(C([2H])([2H])C([2H])(C)C([2H])([2H])[2H])C1([2H])[2H]. The maximum Gasteiger partial charge on any atom is 0.161 e.